The largest absolute Gasteiger partial charge is 0.504 e. The third-order valence-electron chi connectivity index (χ3n) is 4.66. The van der Waals surface area contributed by atoms with Crippen molar-refractivity contribution < 1.29 is 44.2 Å². The van der Waals surface area contributed by atoms with E-state index in [-0.39, 0.29) is 11.0 Å². The molecule has 5 atom stereocenters. The summed E-state index contributed by atoms with van der Waals surface area (Å²) >= 11 is 0. The zero-order valence-corrected chi connectivity index (χ0v) is 15.7. The van der Waals surface area contributed by atoms with Crippen LogP contribution in [0.4, 0.5) is 0 Å². The van der Waals surface area contributed by atoms with E-state index >= 15 is 0 Å². The van der Waals surface area contributed by atoms with Crippen molar-refractivity contribution in [1.82, 2.24) is 0 Å². The lowest BCUT2D eigenvalue weighted by molar-refractivity contribution is -0.278. The smallest absolute Gasteiger partial charge is 0.383 e. The van der Waals surface area contributed by atoms with Crippen LogP contribution in [0.5, 0.6) is 17.2 Å². The van der Waals surface area contributed by atoms with E-state index in [1.165, 1.54) is 12.1 Å². The molecule has 3 rings (SSSR count). The van der Waals surface area contributed by atoms with Crippen molar-refractivity contribution in [2.45, 2.75) is 50.5 Å². The molecule has 1 aliphatic rings. The molecule has 0 bridgehead atoms. The first-order valence-corrected chi connectivity index (χ1v) is 9.27. The van der Waals surface area contributed by atoms with Crippen LogP contribution in [0.2, 0.25) is 0 Å². The number of aliphatic hydroxyl groups is 4. The van der Waals surface area contributed by atoms with Gasteiger partial charge in [0, 0.05) is 6.07 Å². The number of aromatic hydroxyl groups is 1. The lowest BCUT2D eigenvalue weighted by atomic mass is 9.99. The second kappa shape index (κ2) is 8.97. The lowest BCUT2D eigenvalue weighted by Gasteiger charge is -2.39. The van der Waals surface area contributed by atoms with E-state index in [2.05, 4.69) is 0 Å². The van der Waals surface area contributed by atoms with Crippen LogP contribution in [-0.2, 0) is 4.74 Å². The number of unbranched alkanes of at least 4 members (excludes halogenated alkanes) is 1. The molecule has 2 aromatic rings. The summed E-state index contributed by atoms with van der Waals surface area (Å²) in [6.07, 6.45) is -6.05. The van der Waals surface area contributed by atoms with Crippen LogP contribution < -0.4 is 15.1 Å². The summed E-state index contributed by atoms with van der Waals surface area (Å²) in [7, 11) is 0. The molecular weight excluding hydrogens is 388 g/mol. The van der Waals surface area contributed by atoms with Crippen molar-refractivity contribution in [1.29, 1.82) is 0 Å². The second-order valence-electron chi connectivity index (χ2n) is 6.74. The van der Waals surface area contributed by atoms with E-state index in [0.717, 1.165) is 12.8 Å². The molecule has 29 heavy (non-hydrogen) atoms. The molecule has 1 fully saturated rings. The maximum atomic E-state index is 12.3. The van der Waals surface area contributed by atoms with Crippen molar-refractivity contribution in [3.05, 3.63) is 28.6 Å². The van der Waals surface area contributed by atoms with E-state index in [1.54, 1.807) is 6.07 Å². The Balaban J connectivity index is 1.88. The number of hydrogen-bond donors (Lipinski definition) is 5. The molecule has 0 unspecified atom stereocenters. The summed E-state index contributed by atoms with van der Waals surface area (Å²) in [5.74, 6) is -0.717. The van der Waals surface area contributed by atoms with Crippen LogP contribution in [0.1, 0.15) is 19.8 Å². The Hall–Kier alpha value is -2.37. The minimum absolute atomic E-state index is 0.0719. The zero-order valence-electron chi connectivity index (χ0n) is 15.7. The Labute approximate surface area is 165 Å². The van der Waals surface area contributed by atoms with Crippen LogP contribution in [-0.4, -0.2) is 69.5 Å². The van der Waals surface area contributed by atoms with Gasteiger partial charge in [-0.3, -0.25) is 0 Å². The highest BCUT2D eigenvalue weighted by atomic mass is 16.7. The van der Waals surface area contributed by atoms with Crippen LogP contribution in [0, 0.1) is 0 Å². The average molecular weight is 412 g/mol. The molecule has 1 saturated heterocycles. The minimum atomic E-state index is -1.74. The predicted molar refractivity (Wildman–Crippen MR) is 98.9 cm³/mol. The molecular formula is C19H24O10. The zero-order chi connectivity index (χ0) is 21.1. The molecule has 10 heteroatoms. The van der Waals surface area contributed by atoms with Gasteiger partial charge in [0.2, 0.25) is 6.29 Å². The van der Waals surface area contributed by atoms with Crippen molar-refractivity contribution in [2.24, 2.45) is 0 Å². The minimum Gasteiger partial charge on any atom is -0.504 e. The maximum Gasteiger partial charge on any atom is 0.383 e. The predicted octanol–water partition coefficient (Wildman–Crippen LogP) is -0.144. The molecule has 1 aromatic heterocycles. The van der Waals surface area contributed by atoms with Crippen LogP contribution >= 0.6 is 0 Å². The van der Waals surface area contributed by atoms with Gasteiger partial charge >= 0.3 is 5.63 Å². The maximum absolute atomic E-state index is 12.3. The molecule has 0 radical (unpaired) electrons. The lowest BCUT2D eigenvalue weighted by Crippen LogP contribution is -2.60. The van der Waals surface area contributed by atoms with Gasteiger partial charge < -0.3 is 44.2 Å². The van der Waals surface area contributed by atoms with Crippen LogP contribution in [0.15, 0.2) is 27.4 Å². The molecule has 0 aliphatic carbocycles. The van der Waals surface area contributed by atoms with Gasteiger partial charge in [0.1, 0.15) is 35.7 Å². The number of hydrogen-bond acceptors (Lipinski definition) is 10. The summed E-state index contributed by atoms with van der Waals surface area (Å²) in [4.78, 5) is 12.3. The van der Waals surface area contributed by atoms with Gasteiger partial charge in [-0.1, -0.05) is 13.3 Å². The molecule has 0 saturated carbocycles. The fourth-order valence-corrected chi connectivity index (χ4v) is 2.96. The topological polar surface area (TPSA) is 159 Å². The quantitative estimate of drug-likeness (QED) is 0.306. The summed E-state index contributed by atoms with van der Waals surface area (Å²) in [5, 5.41) is 49.5. The van der Waals surface area contributed by atoms with E-state index < -0.39 is 54.4 Å². The van der Waals surface area contributed by atoms with E-state index in [4.69, 9.17) is 18.6 Å². The van der Waals surface area contributed by atoms with Gasteiger partial charge in [-0.05, 0) is 18.6 Å². The third-order valence-corrected chi connectivity index (χ3v) is 4.66. The SMILES string of the molecule is CCCCOc1ccc2c(O)c(O[C@@H]3O[C@H](CO)[C@@H](O)[C@H](O)[C@@H]3O)c(=O)oc2c1. The molecule has 0 spiro atoms. The van der Waals surface area contributed by atoms with Gasteiger partial charge in [0.05, 0.1) is 18.6 Å². The average Bonchev–Trinajstić information content (AvgIpc) is 2.71. The first kappa shape index (κ1) is 21.3. The number of fused-ring (bicyclic) bond motifs is 1. The van der Waals surface area contributed by atoms with Crippen molar-refractivity contribution in [3.63, 3.8) is 0 Å². The highest BCUT2D eigenvalue weighted by Gasteiger charge is 2.45. The van der Waals surface area contributed by atoms with Gasteiger partial charge in [0.15, 0.2) is 5.75 Å². The summed E-state index contributed by atoms with van der Waals surface area (Å²) in [6, 6.07) is 4.54. The Morgan fingerprint density at radius 3 is 2.59 bits per heavy atom. The first-order valence-electron chi connectivity index (χ1n) is 9.27. The van der Waals surface area contributed by atoms with Crippen LogP contribution in [0.3, 0.4) is 0 Å². The Morgan fingerprint density at radius 1 is 1.14 bits per heavy atom. The molecule has 10 nitrogen and oxygen atoms in total. The fourth-order valence-electron chi connectivity index (χ4n) is 2.96. The molecule has 0 amide bonds. The van der Waals surface area contributed by atoms with Crippen LogP contribution in [0.25, 0.3) is 11.0 Å². The number of rotatable bonds is 7. The number of aliphatic hydroxyl groups excluding tert-OH is 4. The molecule has 1 aromatic carbocycles. The van der Waals surface area contributed by atoms with E-state index in [9.17, 15) is 30.3 Å². The fraction of sp³-hybridized carbons (Fsp3) is 0.526. The standard InChI is InChI=1S/C19H24O10/c1-2-3-6-26-9-4-5-10-11(7-9)27-18(25)17(13(10)21)29-19-16(24)15(23)14(22)12(8-20)28-19/h4-5,7,12,14-16,19-24H,2-3,6,8H2,1H3/t12-,14-,15+,16+,19+/m1/s1. The Bertz CT molecular complexity index is 892. The van der Waals surface area contributed by atoms with Crippen molar-refractivity contribution in [3.8, 4) is 17.2 Å². The van der Waals surface area contributed by atoms with Gasteiger partial charge in [-0.25, -0.2) is 4.79 Å². The van der Waals surface area contributed by atoms with Gasteiger partial charge in [-0.2, -0.15) is 0 Å². The van der Waals surface area contributed by atoms with Crippen molar-refractivity contribution >= 4 is 11.0 Å². The molecule has 160 valence electrons. The number of ether oxygens (including phenoxy) is 3. The monoisotopic (exact) mass is 412 g/mol. The van der Waals surface area contributed by atoms with Crippen molar-refractivity contribution in [2.75, 3.05) is 13.2 Å². The summed E-state index contributed by atoms with van der Waals surface area (Å²) < 4.78 is 21.2. The van der Waals surface area contributed by atoms with E-state index in [1.807, 2.05) is 6.92 Å². The summed E-state index contributed by atoms with van der Waals surface area (Å²) in [5.41, 5.74) is -0.972. The normalized spacial score (nSPS) is 27.1. The second-order valence-corrected chi connectivity index (χ2v) is 6.74. The Kier molecular flexibility index (Phi) is 6.60. The molecule has 2 heterocycles. The highest BCUT2D eigenvalue weighted by molar-refractivity contribution is 5.86. The van der Waals surface area contributed by atoms with Gasteiger partial charge in [0.25, 0.3) is 5.75 Å². The molecule has 1 aliphatic heterocycles. The first-order chi connectivity index (χ1) is 13.9. The summed E-state index contributed by atoms with van der Waals surface area (Å²) in [6.45, 7) is 1.86. The third kappa shape index (κ3) is 4.31. The van der Waals surface area contributed by atoms with E-state index in [0.29, 0.717) is 12.4 Å². The highest BCUT2D eigenvalue weighted by Crippen LogP contribution is 2.35. The Morgan fingerprint density at radius 2 is 1.90 bits per heavy atom. The van der Waals surface area contributed by atoms with Gasteiger partial charge in [-0.15, -0.1) is 0 Å². The molecule has 5 N–H and O–H groups in total. The number of benzene rings is 1.